The summed E-state index contributed by atoms with van der Waals surface area (Å²) in [7, 11) is 0. The minimum absolute atomic E-state index is 0.0600. The highest BCUT2D eigenvalue weighted by Crippen LogP contribution is 2.23. The maximum absolute atomic E-state index is 12.1. The lowest BCUT2D eigenvalue weighted by Gasteiger charge is -2.31. The van der Waals surface area contributed by atoms with Gasteiger partial charge in [0.05, 0.1) is 18.2 Å². The van der Waals surface area contributed by atoms with Crippen molar-refractivity contribution in [2.45, 2.75) is 6.10 Å². The van der Waals surface area contributed by atoms with Gasteiger partial charge in [0, 0.05) is 30.9 Å². The molecule has 8 heteroatoms. The molecule has 1 aliphatic rings. The molecule has 3 rings (SSSR count). The Morgan fingerprint density at radius 1 is 1.50 bits per heavy atom. The molecule has 22 heavy (non-hydrogen) atoms. The van der Waals surface area contributed by atoms with Crippen LogP contribution in [0.1, 0.15) is 11.1 Å². The number of nitrogens with zero attached hydrogens (tertiary/aromatic N) is 3. The molecule has 0 radical (unpaired) electrons. The molecule has 1 atom stereocenters. The minimum Gasteiger partial charge on any atom is -0.368 e. The van der Waals surface area contributed by atoms with E-state index in [2.05, 4.69) is 20.2 Å². The van der Waals surface area contributed by atoms with Crippen molar-refractivity contribution >= 4 is 34.7 Å². The maximum atomic E-state index is 12.1. The SMILES string of the molecule is O=C(CN1CCOC(c2nccs2)C1)Nc1ccc(Cl)cn1. The predicted molar refractivity (Wildman–Crippen MR) is 85.1 cm³/mol. The molecular weight excluding hydrogens is 324 g/mol. The van der Waals surface area contributed by atoms with Crippen LogP contribution in [0.15, 0.2) is 29.9 Å². The first-order valence-electron chi connectivity index (χ1n) is 6.85. The fraction of sp³-hybridized carbons (Fsp3) is 0.357. The van der Waals surface area contributed by atoms with Crippen molar-refractivity contribution in [3.63, 3.8) is 0 Å². The van der Waals surface area contributed by atoms with E-state index in [1.807, 2.05) is 5.38 Å². The molecule has 0 saturated carbocycles. The van der Waals surface area contributed by atoms with Gasteiger partial charge in [0.2, 0.25) is 5.91 Å². The topological polar surface area (TPSA) is 67.4 Å². The van der Waals surface area contributed by atoms with Crippen molar-refractivity contribution in [1.82, 2.24) is 14.9 Å². The Bertz CT molecular complexity index is 620. The molecule has 1 amide bonds. The molecule has 2 aromatic rings. The molecule has 6 nitrogen and oxygen atoms in total. The van der Waals surface area contributed by atoms with E-state index in [0.29, 0.717) is 30.5 Å². The fourth-order valence-electron chi connectivity index (χ4n) is 2.22. The average Bonchev–Trinajstić information content (AvgIpc) is 3.04. The minimum atomic E-state index is -0.102. The van der Waals surface area contributed by atoms with E-state index in [9.17, 15) is 4.79 Å². The lowest BCUT2D eigenvalue weighted by molar-refractivity contribution is -0.119. The third-order valence-corrected chi connectivity index (χ3v) is 4.33. The highest BCUT2D eigenvalue weighted by atomic mass is 35.5. The van der Waals surface area contributed by atoms with Crippen LogP contribution in [0.5, 0.6) is 0 Å². The third-order valence-electron chi connectivity index (χ3n) is 3.24. The number of rotatable bonds is 4. The van der Waals surface area contributed by atoms with Crippen LogP contribution in [0.4, 0.5) is 5.82 Å². The largest absolute Gasteiger partial charge is 0.368 e. The number of nitrogens with one attached hydrogen (secondary N) is 1. The van der Waals surface area contributed by atoms with Gasteiger partial charge in [-0.1, -0.05) is 11.6 Å². The summed E-state index contributed by atoms with van der Waals surface area (Å²) in [4.78, 5) is 22.5. The van der Waals surface area contributed by atoms with Crippen molar-refractivity contribution in [3.05, 3.63) is 39.9 Å². The summed E-state index contributed by atoms with van der Waals surface area (Å²) < 4.78 is 5.71. The maximum Gasteiger partial charge on any atom is 0.239 e. The highest BCUT2D eigenvalue weighted by molar-refractivity contribution is 7.09. The number of aromatic nitrogens is 2. The monoisotopic (exact) mass is 338 g/mol. The van der Waals surface area contributed by atoms with Crippen LogP contribution in [0, 0.1) is 0 Å². The number of hydrogen-bond acceptors (Lipinski definition) is 6. The zero-order valence-corrected chi connectivity index (χ0v) is 13.3. The lowest BCUT2D eigenvalue weighted by Crippen LogP contribution is -2.42. The first-order chi connectivity index (χ1) is 10.7. The average molecular weight is 339 g/mol. The van der Waals surface area contributed by atoms with Crippen molar-refractivity contribution in [1.29, 1.82) is 0 Å². The second-order valence-corrected chi connectivity index (χ2v) is 6.24. The number of hydrogen-bond donors (Lipinski definition) is 1. The Hall–Kier alpha value is -1.54. The van der Waals surface area contributed by atoms with Crippen LogP contribution in [0.25, 0.3) is 0 Å². The number of carbonyl (C=O) groups is 1. The van der Waals surface area contributed by atoms with E-state index in [0.717, 1.165) is 11.6 Å². The van der Waals surface area contributed by atoms with E-state index in [1.165, 1.54) is 6.20 Å². The standard InChI is InChI=1S/C14H15ClN4O2S/c15-10-1-2-12(17-7-10)18-13(20)9-19-4-5-21-11(8-19)14-16-3-6-22-14/h1-3,6-7,11H,4-5,8-9H2,(H,17,18,20). The molecule has 3 heterocycles. The smallest absolute Gasteiger partial charge is 0.239 e. The van der Waals surface area contributed by atoms with E-state index in [4.69, 9.17) is 16.3 Å². The predicted octanol–water partition coefficient (Wildman–Crippen LogP) is 2.20. The molecule has 1 saturated heterocycles. The lowest BCUT2D eigenvalue weighted by atomic mass is 10.2. The number of anilines is 1. The third kappa shape index (κ3) is 4.01. The van der Waals surface area contributed by atoms with Crippen LogP contribution in [-0.4, -0.2) is 47.0 Å². The zero-order valence-electron chi connectivity index (χ0n) is 11.7. The number of amides is 1. The van der Waals surface area contributed by atoms with Crippen LogP contribution >= 0.6 is 22.9 Å². The molecule has 0 aromatic carbocycles. The Morgan fingerprint density at radius 2 is 2.41 bits per heavy atom. The summed E-state index contributed by atoms with van der Waals surface area (Å²) in [6.45, 7) is 2.28. The molecule has 1 unspecified atom stereocenters. The summed E-state index contributed by atoms with van der Waals surface area (Å²) in [6, 6.07) is 3.37. The molecule has 2 aromatic heterocycles. The molecule has 1 fully saturated rings. The van der Waals surface area contributed by atoms with Crippen molar-refractivity contribution < 1.29 is 9.53 Å². The Morgan fingerprint density at radius 3 is 3.14 bits per heavy atom. The fourth-order valence-corrected chi connectivity index (χ4v) is 3.01. The van der Waals surface area contributed by atoms with Crippen LogP contribution in [-0.2, 0) is 9.53 Å². The van der Waals surface area contributed by atoms with Crippen LogP contribution < -0.4 is 5.32 Å². The molecule has 1 N–H and O–H groups in total. The van der Waals surface area contributed by atoms with E-state index < -0.39 is 0 Å². The molecule has 0 spiro atoms. The van der Waals surface area contributed by atoms with Crippen LogP contribution in [0.3, 0.4) is 0 Å². The van der Waals surface area contributed by atoms with E-state index >= 15 is 0 Å². The summed E-state index contributed by atoms with van der Waals surface area (Å²) >= 11 is 7.33. The number of pyridine rings is 1. The van der Waals surface area contributed by atoms with Crippen molar-refractivity contribution in [3.8, 4) is 0 Å². The number of halogens is 1. The van der Waals surface area contributed by atoms with Gasteiger partial charge in [-0.25, -0.2) is 9.97 Å². The first-order valence-corrected chi connectivity index (χ1v) is 8.11. The number of morpholine rings is 1. The number of ether oxygens (including phenoxy) is 1. The molecule has 1 aliphatic heterocycles. The van der Waals surface area contributed by atoms with Gasteiger partial charge in [0.15, 0.2) is 0 Å². The molecule has 116 valence electrons. The van der Waals surface area contributed by atoms with Gasteiger partial charge in [0.25, 0.3) is 0 Å². The molecule has 0 aliphatic carbocycles. The van der Waals surface area contributed by atoms with Gasteiger partial charge in [-0.15, -0.1) is 11.3 Å². The molecule has 0 bridgehead atoms. The Balaban J connectivity index is 1.53. The van der Waals surface area contributed by atoms with Gasteiger partial charge < -0.3 is 10.1 Å². The van der Waals surface area contributed by atoms with E-state index in [1.54, 1.807) is 29.7 Å². The normalized spacial score (nSPS) is 19.0. The summed E-state index contributed by atoms with van der Waals surface area (Å²) in [5.74, 6) is 0.397. The summed E-state index contributed by atoms with van der Waals surface area (Å²) in [5, 5.41) is 6.18. The first kappa shape index (κ1) is 15.4. The number of thiazole rings is 1. The van der Waals surface area contributed by atoms with Gasteiger partial charge >= 0.3 is 0 Å². The zero-order chi connectivity index (χ0) is 15.4. The summed E-state index contributed by atoms with van der Waals surface area (Å²) in [5.41, 5.74) is 0. The quantitative estimate of drug-likeness (QED) is 0.925. The van der Waals surface area contributed by atoms with Crippen molar-refractivity contribution in [2.24, 2.45) is 0 Å². The van der Waals surface area contributed by atoms with Gasteiger partial charge in [-0.2, -0.15) is 0 Å². The Labute approximate surface area is 137 Å². The van der Waals surface area contributed by atoms with Gasteiger partial charge in [-0.05, 0) is 12.1 Å². The van der Waals surface area contributed by atoms with Crippen LogP contribution in [0.2, 0.25) is 5.02 Å². The van der Waals surface area contributed by atoms with Crippen molar-refractivity contribution in [2.75, 3.05) is 31.6 Å². The van der Waals surface area contributed by atoms with E-state index in [-0.39, 0.29) is 12.0 Å². The number of carbonyl (C=O) groups excluding carboxylic acids is 1. The summed E-state index contributed by atoms with van der Waals surface area (Å²) in [6.07, 6.45) is 3.21. The highest BCUT2D eigenvalue weighted by Gasteiger charge is 2.25. The van der Waals surface area contributed by atoms with Gasteiger partial charge in [-0.3, -0.25) is 9.69 Å². The second-order valence-electron chi connectivity index (χ2n) is 4.87. The second kappa shape index (κ2) is 7.15. The molecular formula is C14H15ClN4O2S. The van der Waals surface area contributed by atoms with Gasteiger partial charge in [0.1, 0.15) is 16.9 Å². The Kier molecular flexibility index (Phi) is 4.99.